The molecule has 0 saturated carbocycles. The second-order valence-electron chi connectivity index (χ2n) is 5.37. The van der Waals surface area contributed by atoms with Crippen LogP contribution in [-0.2, 0) is 9.53 Å². The number of fused-ring (bicyclic) bond motifs is 1. The molecule has 0 aliphatic heterocycles. The molecular weight excluding hydrogens is 360 g/mol. The van der Waals surface area contributed by atoms with Crippen LogP contribution in [-0.4, -0.2) is 23.0 Å². The summed E-state index contributed by atoms with van der Waals surface area (Å²) in [6, 6.07) is 10.6. The minimum absolute atomic E-state index is 0.259. The van der Waals surface area contributed by atoms with Crippen LogP contribution in [0.1, 0.15) is 17.5 Å². The number of pyridine rings is 1. The van der Waals surface area contributed by atoms with Gasteiger partial charge in [-0.1, -0.05) is 23.7 Å². The first-order chi connectivity index (χ1) is 12.4. The number of anilines is 1. The van der Waals surface area contributed by atoms with Gasteiger partial charge in [0.15, 0.2) is 11.5 Å². The van der Waals surface area contributed by atoms with E-state index in [1.807, 2.05) is 0 Å². The summed E-state index contributed by atoms with van der Waals surface area (Å²) in [5.74, 6) is -1.52. The van der Waals surface area contributed by atoms with E-state index in [1.54, 1.807) is 30.3 Å². The number of benzene rings is 1. The lowest BCUT2D eigenvalue weighted by atomic mass is 10.2. The Morgan fingerprint density at radius 3 is 2.73 bits per heavy atom. The fraction of sp³-hybridized carbons (Fsp3) is 0.111. The molecule has 7 nitrogen and oxygen atoms in total. The number of rotatable bonds is 4. The van der Waals surface area contributed by atoms with Crippen LogP contribution in [0.2, 0.25) is 5.02 Å². The molecule has 1 amide bonds. The number of hydrogen-bond acceptors (Lipinski definition) is 6. The summed E-state index contributed by atoms with van der Waals surface area (Å²) in [7, 11) is 0. The third-order valence-electron chi connectivity index (χ3n) is 3.47. The predicted octanol–water partition coefficient (Wildman–Crippen LogP) is 3.03. The van der Waals surface area contributed by atoms with Crippen LogP contribution >= 0.6 is 11.6 Å². The molecule has 26 heavy (non-hydrogen) atoms. The zero-order valence-electron chi connectivity index (χ0n) is 13.6. The molecule has 1 atom stereocenters. The number of carbonyl (C=O) groups excluding carboxylic acids is 2. The van der Waals surface area contributed by atoms with E-state index in [1.165, 1.54) is 19.2 Å². The summed E-state index contributed by atoms with van der Waals surface area (Å²) in [5, 5.41) is 3.26. The van der Waals surface area contributed by atoms with Gasteiger partial charge in [-0.2, -0.15) is 0 Å². The smallest absolute Gasteiger partial charge is 0.375 e. The zero-order chi connectivity index (χ0) is 18.7. The third kappa shape index (κ3) is 3.89. The highest BCUT2D eigenvalue weighted by Gasteiger charge is 2.21. The maximum absolute atomic E-state index is 12.2. The van der Waals surface area contributed by atoms with E-state index in [2.05, 4.69) is 10.3 Å². The lowest BCUT2D eigenvalue weighted by Crippen LogP contribution is -2.30. The topological polar surface area (TPSA) is 98.5 Å². The van der Waals surface area contributed by atoms with Gasteiger partial charge in [-0.15, -0.1) is 0 Å². The van der Waals surface area contributed by atoms with Gasteiger partial charge in [0.25, 0.3) is 5.91 Å². The summed E-state index contributed by atoms with van der Waals surface area (Å²) in [6.07, 6.45) is 0.245. The molecule has 0 aliphatic carbocycles. The first-order valence-electron chi connectivity index (χ1n) is 7.60. The van der Waals surface area contributed by atoms with Crippen molar-refractivity contribution in [2.75, 3.05) is 5.32 Å². The summed E-state index contributed by atoms with van der Waals surface area (Å²) >= 11 is 5.72. The molecule has 0 aliphatic rings. The van der Waals surface area contributed by atoms with Crippen LogP contribution in [0, 0.1) is 0 Å². The standard InChI is InChI=1S/C18H13ClN2O5/c1-10(17(23)21-16-7-6-11(19)9-20-16)25-18(24)15-8-13(22)12-4-2-3-5-14(12)26-15/h2-10H,1H3,(H,20,21,23)/t10-/m1/s1. The molecule has 1 N–H and O–H groups in total. The number of amides is 1. The number of nitrogens with zero attached hydrogens (tertiary/aromatic N) is 1. The average molecular weight is 373 g/mol. The Bertz CT molecular complexity index is 1030. The number of nitrogens with one attached hydrogen (secondary N) is 1. The van der Waals surface area contributed by atoms with Gasteiger partial charge in [0.05, 0.1) is 10.4 Å². The van der Waals surface area contributed by atoms with Crippen molar-refractivity contribution in [1.29, 1.82) is 0 Å². The second-order valence-corrected chi connectivity index (χ2v) is 5.81. The highest BCUT2D eigenvalue weighted by molar-refractivity contribution is 6.30. The molecule has 8 heteroatoms. The molecule has 1 aromatic carbocycles. The Morgan fingerprint density at radius 1 is 1.23 bits per heavy atom. The Balaban J connectivity index is 1.71. The molecule has 3 aromatic rings. The number of hydrogen-bond donors (Lipinski definition) is 1. The molecule has 2 heterocycles. The maximum atomic E-state index is 12.2. The first-order valence-corrected chi connectivity index (χ1v) is 7.98. The van der Waals surface area contributed by atoms with Crippen molar-refractivity contribution in [3.8, 4) is 0 Å². The molecular formula is C18H13ClN2O5. The van der Waals surface area contributed by atoms with Crippen LogP contribution in [0.4, 0.5) is 5.82 Å². The van der Waals surface area contributed by atoms with Crippen molar-refractivity contribution in [3.05, 3.63) is 69.7 Å². The third-order valence-corrected chi connectivity index (χ3v) is 3.69. The summed E-state index contributed by atoms with van der Waals surface area (Å²) < 4.78 is 10.4. The minimum Gasteiger partial charge on any atom is -0.449 e. The van der Waals surface area contributed by atoms with Crippen LogP contribution in [0.3, 0.4) is 0 Å². The van der Waals surface area contributed by atoms with Gasteiger partial charge in [-0.05, 0) is 31.2 Å². The summed E-state index contributed by atoms with van der Waals surface area (Å²) in [6.45, 7) is 1.39. The van der Waals surface area contributed by atoms with Crippen molar-refractivity contribution in [2.24, 2.45) is 0 Å². The van der Waals surface area contributed by atoms with Gasteiger partial charge in [0.2, 0.25) is 5.76 Å². The van der Waals surface area contributed by atoms with Gasteiger partial charge in [0, 0.05) is 12.3 Å². The van der Waals surface area contributed by atoms with Gasteiger partial charge in [-0.25, -0.2) is 9.78 Å². The van der Waals surface area contributed by atoms with E-state index >= 15 is 0 Å². The number of aromatic nitrogens is 1. The molecule has 132 valence electrons. The fourth-order valence-corrected chi connectivity index (χ4v) is 2.27. The van der Waals surface area contributed by atoms with Gasteiger partial charge >= 0.3 is 5.97 Å². The number of para-hydroxylation sites is 1. The SMILES string of the molecule is C[C@@H](OC(=O)c1cc(=O)c2ccccc2o1)C(=O)Nc1ccc(Cl)cn1. The van der Waals surface area contributed by atoms with E-state index in [-0.39, 0.29) is 22.6 Å². The Labute approximate surface area is 152 Å². The van der Waals surface area contributed by atoms with Crippen LogP contribution < -0.4 is 10.7 Å². The van der Waals surface area contributed by atoms with E-state index in [0.29, 0.717) is 10.4 Å². The largest absolute Gasteiger partial charge is 0.449 e. The van der Waals surface area contributed by atoms with Gasteiger partial charge in [0.1, 0.15) is 11.4 Å². The van der Waals surface area contributed by atoms with Crippen molar-refractivity contribution in [1.82, 2.24) is 4.98 Å². The molecule has 0 radical (unpaired) electrons. The molecule has 0 unspecified atom stereocenters. The molecule has 0 fully saturated rings. The zero-order valence-corrected chi connectivity index (χ0v) is 14.3. The Morgan fingerprint density at radius 2 is 2.00 bits per heavy atom. The van der Waals surface area contributed by atoms with E-state index in [9.17, 15) is 14.4 Å². The minimum atomic E-state index is -1.13. The quantitative estimate of drug-likeness (QED) is 0.707. The van der Waals surface area contributed by atoms with E-state index in [0.717, 1.165) is 6.07 Å². The van der Waals surface area contributed by atoms with Crippen molar-refractivity contribution in [2.45, 2.75) is 13.0 Å². The molecule has 0 spiro atoms. The summed E-state index contributed by atoms with van der Waals surface area (Å²) in [4.78, 5) is 40.2. The summed E-state index contributed by atoms with van der Waals surface area (Å²) in [5.41, 5.74) is -0.115. The van der Waals surface area contributed by atoms with Crippen molar-refractivity contribution >= 4 is 40.3 Å². The van der Waals surface area contributed by atoms with Crippen molar-refractivity contribution < 1.29 is 18.7 Å². The second kappa shape index (κ2) is 7.37. The van der Waals surface area contributed by atoms with E-state index < -0.39 is 18.0 Å². The molecule has 2 aromatic heterocycles. The van der Waals surface area contributed by atoms with Crippen molar-refractivity contribution in [3.63, 3.8) is 0 Å². The highest BCUT2D eigenvalue weighted by atomic mass is 35.5. The normalized spacial score (nSPS) is 11.8. The molecule has 0 saturated heterocycles. The predicted molar refractivity (Wildman–Crippen MR) is 95.2 cm³/mol. The number of halogens is 1. The fourth-order valence-electron chi connectivity index (χ4n) is 2.15. The van der Waals surface area contributed by atoms with Gasteiger partial charge in [-0.3, -0.25) is 9.59 Å². The monoisotopic (exact) mass is 372 g/mol. The average Bonchev–Trinajstić information content (AvgIpc) is 2.63. The lowest BCUT2D eigenvalue weighted by molar-refractivity contribution is -0.123. The molecule has 0 bridgehead atoms. The van der Waals surface area contributed by atoms with Gasteiger partial charge < -0.3 is 14.5 Å². The van der Waals surface area contributed by atoms with E-state index in [4.69, 9.17) is 20.8 Å². The lowest BCUT2D eigenvalue weighted by Gasteiger charge is -2.12. The number of carbonyl (C=O) groups is 2. The van der Waals surface area contributed by atoms with Crippen LogP contribution in [0.15, 0.2) is 57.9 Å². The van der Waals surface area contributed by atoms with Crippen LogP contribution in [0.25, 0.3) is 11.0 Å². The highest BCUT2D eigenvalue weighted by Crippen LogP contribution is 2.14. The Hall–Kier alpha value is -3.19. The maximum Gasteiger partial charge on any atom is 0.375 e. The first kappa shape index (κ1) is 17.6. The van der Waals surface area contributed by atoms with Crippen LogP contribution in [0.5, 0.6) is 0 Å². The Kier molecular flexibility index (Phi) is 4.99. The molecule has 3 rings (SSSR count). The number of esters is 1. The number of ether oxygens (including phenoxy) is 1.